The average molecular weight is 378 g/mol. The highest BCUT2D eigenvalue weighted by molar-refractivity contribution is 14.1. The van der Waals surface area contributed by atoms with Gasteiger partial charge in [-0.3, -0.25) is 9.36 Å². The summed E-state index contributed by atoms with van der Waals surface area (Å²) in [6.07, 6.45) is 8.92. The summed E-state index contributed by atoms with van der Waals surface area (Å²) < 4.78 is 5.06. The SMILES string of the molecule is Cn1cc(CCn2cc(-c3ccc(I)cc3)cn2)cn1. The van der Waals surface area contributed by atoms with Gasteiger partial charge in [-0.05, 0) is 52.3 Å². The predicted octanol–water partition coefficient (Wildman–Crippen LogP) is 3.13. The summed E-state index contributed by atoms with van der Waals surface area (Å²) in [5.41, 5.74) is 3.60. The summed E-state index contributed by atoms with van der Waals surface area (Å²) in [4.78, 5) is 0. The maximum atomic E-state index is 4.42. The molecule has 0 atom stereocenters. The molecule has 0 unspecified atom stereocenters. The zero-order chi connectivity index (χ0) is 13.9. The van der Waals surface area contributed by atoms with E-state index < -0.39 is 0 Å². The van der Waals surface area contributed by atoms with Gasteiger partial charge in [0, 0.05) is 35.1 Å². The van der Waals surface area contributed by atoms with E-state index in [9.17, 15) is 0 Å². The van der Waals surface area contributed by atoms with E-state index in [1.165, 1.54) is 14.7 Å². The number of halogens is 1. The fraction of sp³-hybridized carbons (Fsp3) is 0.200. The molecule has 5 heteroatoms. The first-order valence-corrected chi connectivity index (χ1v) is 7.54. The molecule has 2 heterocycles. The van der Waals surface area contributed by atoms with Crippen LogP contribution in [0.3, 0.4) is 0 Å². The van der Waals surface area contributed by atoms with Crippen LogP contribution >= 0.6 is 22.6 Å². The van der Waals surface area contributed by atoms with Gasteiger partial charge in [0.15, 0.2) is 0 Å². The van der Waals surface area contributed by atoms with Crippen molar-refractivity contribution in [2.24, 2.45) is 7.05 Å². The van der Waals surface area contributed by atoms with Crippen molar-refractivity contribution < 1.29 is 0 Å². The fourth-order valence-electron chi connectivity index (χ4n) is 2.12. The lowest BCUT2D eigenvalue weighted by molar-refractivity contribution is 0.614. The van der Waals surface area contributed by atoms with Gasteiger partial charge in [0.25, 0.3) is 0 Å². The van der Waals surface area contributed by atoms with Gasteiger partial charge in [-0.1, -0.05) is 12.1 Å². The maximum Gasteiger partial charge on any atom is 0.0568 e. The fourth-order valence-corrected chi connectivity index (χ4v) is 2.48. The molecule has 4 nitrogen and oxygen atoms in total. The summed E-state index contributed by atoms with van der Waals surface area (Å²) in [6.45, 7) is 0.871. The van der Waals surface area contributed by atoms with Crippen LogP contribution < -0.4 is 0 Å². The summed E-state index contributed by atoms with van der Waals surface area (Å²) in [5, 5.41) is 8.60. The number of nitrogens with zero attached hydrogens (tertiary/aromatic N) is 4. The number of aromatic nitrogens is 4. The van der Waals surface area contributed by atoms with Crippen molar-refractivity contribution in [3.63, 3.8) is 0 Å². The molecule has 1 aromatic carbocycles. The van der Waals surface area contributed by atoms with Gasteiger partial charge in [-0.2, -0.15) is 10.2 Å². The second kappa shape index (κ2) is 5.78. The highest BCUT2D eigenvalue weighted by atomic mass is 127. The van der Waals surface area contributed by atoms with E-state index in [0.717, 1.165) is 18.5 Å². The summed E-state index contributed by atoms with van der Waals surface area (Å²) in [6, 6.07) is 8.49. The van der Waals surface area contributed by atoms with Gasteiger partial charge in [0.1, 0.15) is 0 Å². The molecular weight excluding hydrogens is 363 g/mol. The number of rotatable bonds is 4. The third kappa shape index (κ3) is 3.09. The van der Waals surface area contributed by atoms with Crippen molar-refractivity contribution in [2.75, 3.05) is 0 Å². The van der Waals surface area contributed by atoms with Crippen molar-refractivity contribution in [1.82, 2.24) is 19.6 Å². The van der Waals surface area contributed by atoms with E-state index >= 15 is 0 Å². The molecule has 3 aromatic rings. The largest absolute Gasteiger partial charge is 0.276 e. The topological polar surface area (TPSA) is 35.6 Å². The van der Waals surface area contributed by atoms with Crippen molar-refractivity contribution >= 4 is 22.6 Å². The molecule has 0 aliphatic heterocycles. The Hall–Kier alpha value is -1.63. The van der Waals surface area contributed by atoms with Gasteiger partial charge in [-0.15, -0.1) is 0 Å². The Kier molecular flexibility index (Phi) is 3.86. The molecule has 0 N–H and O–H groups in total. The minimum atomic E-state index is 0.871. The molecule has 0 radical (unpaired) electrons. The van der Waals surface area contributed by atoms with Crippen molar-refractivity contribution in [1.29, 1.82) is 0 Å². The van der Waals surface area contributed by atoms with Crippen LogP contribution in [0, 0.1) is 3.57 Å². The van der Waals surface area contributed by atoms with Crippen LogP contribution in [-0.4, -0.2) is 19.6 Å². The van der Waals surface area contributed by atoms with Crippen LogP contribution in [0.25, 0.3) is 11.1 Å². The monoisotopic (exact) mass is 378 g/mol. The van der Waals surface area contributed by atoms with Gasteiger partial charge >= 0.3 is 0 Å². The Morgan fingerprint density at radius 2 is 1.80 bits per heavy atom. The van der Waals surface area contributed by atoms with Crippen LogP contribution in [0.15, 0.2) is 49.1 Å². The first-order valence-electron chi connectivity index (χ1n) is 6.46. The van der Waals surface area contributed by atoms with E-state index in [4.69, 9.17) is 0 Å². The molecule has 0 saturated carbocycles. The van der Waals surface area contributed by atoms with Crippen LogP contribution in [0.1, 0.15) is 5.56 Å². The quantitative estimate of drug-likeness (QED) is 0.654. The molecule has 0 aliphatic carbocycles. The molecule has 20 heavy (non-hydrogen) atoms. The second-order valence-corrected chi connectivity index (χ2v) is 6.02. The van der Waals surface area contributed by atoms with Gasteiger partial charge in [0.05, 0.1) is 12.4 Å². The van der Waals surface area contributed by atoms with E-state index in [2.05, 4.69) is 63.3 Å². The minimum Gasteiger partial charge on any atom is -0.276 e. The van der Waals surface area contributed by atoms with Gasteiger partial charge < -0.3 is 0 Å². The Morgan fingerprint density at radius 3 is 2.50 bits per heavy atom. The van der Waals surface area contributed by atoms with E-state index in [-0.39, 0.29) is 0 Å². The Balaban J connectivity index is 1.69. The Labute approximate surface area is 131 Å². The molecule has 0 spiro atoms. The molecule has 102 valence electrons. The lowest BCUT2D eigenvalue weighted by Gasteiger charge is -1.99. The van der Waals surface area contributed by atoms with Crippen LogP contribution in [0.2, 0.25) is 0 Å². The zero-order valence-electron chi connectivity index (χ0n) is 11.2. The number of hydrogen-bond acceptors (Lipinski definition) is 2. The smallest absolute Gasteiger partial charge is 0.0568 e. The molecule has 0 saturated heterocycles. The van der Waals surface area contributed by atoms with Crippen LogP contribution in [0.4, 0.5) is 0 Å². The molecule has 2 aromatic heterocycles. The predicted molar refractivity (Wildman–Crippen MR) is 87.3 cm³/mol. The van der Waals surface area contributed by atoms with E-state index in [1.54, 1.807) is 0 Å². The van der Waals surface area contributed by atoms with Crippen molar-refractivity contribution in [2.45, 2.75) is 13.0 Å². The highest BCUT2D eigenvalue weighted by Gasteiger charge is 2.03. The second-order valence-electron chi connectivity index (χ2n) is 4.77. The first-order chi connectivity index (χ1) is 9.70. The third-order valence-electron chi connectivity index (χ3n) is 3.20. The van der Waals surface area contributed by atoms with Gasteiger partial charge in [0.2, 0.25) is 0 Å². The lowest BCUT2D eigenvalue weighted by Crippen LogP contribution is -2.00. The average Bonchev–Trinajstić information content (AvgIpc) is 3.06. The minimum absolute atomic E-state index is 0.871. The maximum absolute atomic E-state index is 4.42. The van der Waals surface area contributed by atoms with Crippen molar-refractivity contribution in [3.8, 4) is 11.1 Å². The normalized spacial score (nSPS) is 10.9. The lowest BCUT2D eigenvalue weighted by atomic mass is 10.1. The zero-order valence-corrected chi connectivity index (χ0v) is 13.4. The molecule has 0 fully saturated rings. The molecule has 3 rings (SSSR count). The molecule has 0 amide bonds. The first kappa shape index (κ1) is 13.4. The number of aryl methyl sites for hydroxylation is 3. The summed E-state index contributed by atoms with van der Waals surface area (Å²) >= 11 is 2.31. The summed E-state index contributed by atoms with van der Waals surface area (Å²) in [5.74, 6) is 0. The molecule has 0 aliphatic rings. The Bertz CT molecular complexity index is 697. The van der Waals surface area contributed by atoms with Crippen LogP contribution in [0.5, 0.6) is 0 Å². The Morgan fingerprint density at radius 1 is 1.00 bits per heavy atom. The summed E-state index contributed by atoms with van der Waals surface area (Å²) in [7, 11) is 1.94. The van der Waals surface area contributed by atoms with Crippen molar-refractivity contribution in [3.05, 3.63) is 58.2 Å². The van der Waals surface area contributed by atoms with Gasteiger partial charge in [-0.25, -0.2) is 0 Å². The third-order valence-corrected chi connectivity index (χ3v) is 3.92. The van der Waals surface area contributed by atoms with Crippen LogP contribution in [-0.2, 0) is 20.0 Å². The standard InChI is InChI=1S/C15H15IN4/c1-19-10-12(8-17-19)6-7-20-11-14(9-18-20)13-2-4-15(16)5-3-13/h2-5,8-11H,6-7H2,1H3. The molecule has 0 bridgehead atoms. The van der Waals surface area contributed by atoms with E-state index in [0.29, 0.717) is 0 Å². The number of hydrogen-bond donors (Lipinski definition) is 0. The molecular formula is C15H15IN4. The number of benzene rings is 1. The van der Waals surface area contributed by atoms with E-state index in [1.807, 2.05) is 35.0 Å². The highest BCUT2D eigenvalue weighted by Crippen LogP contribution is 2.19.